The van der Waals surface area contributed by atoms with Crippen LogP contribution in [0.2, 0.25) is 0 Å². The van der Waals surface area contributed by atoms with E-state index in [9.17, 15) is 18.0 Å². The lowest BCUT2D eigenvalue weighted by Gasteiger charge is -2.40. The van der Waals surface area contributed by atoms with Gasteiger partial charge in [0.25, 0.3) is 0 Å². The highest BCUT2D eigenvalue weighted by Gasteiger charge is 2.29. The van der Waals surface area contributed by atoms with Gasteiger partial charge in [0.2, 0.25) is 5.91 Å². The SMILES string of the molecule is O=C(CNc1c(-c2ccccc2F)nc2cnccn12)N1CCN(C(c2ccc(F)cc2)c2ccc(F)cc2)CC1. The molecule has 3 heterocycles. The van der Waals surface area contributed by atoms with Gasteiger partial charge < -0.3 is 10.2 Å². The fourth-order valence-electron chi connectivity index (χ4n) is 5.32. The van der Waals surface area contributed by atoms with Gasteiger partial charge in [-0.1, -0.05) is 36.4 Å². The van der Waals surface area contributed by atoms with Crippen LogP contribution in [0.1, 0.15) is 17.2 Å². The monoisotopic (exact) mass is 556 g/mol. The number of carbonyl (C=O) groups excluding carboxylic acids is 1. The first-order valence-corrected chi connectivity index (χ1v) is 13.3. The number of hydrogen-bond acceptors (Lipinski definition) is 5. The summed E-state index contributed by atoms with van der Waals surface area (Å²) in [6.07, 6.45) is 4.89. The molecule has 208 valence electrons. The van der Waals surface area contributed by atoms with Crippen LogP contribution in [-0.2, 0) is 4.79 Å². The molecule has 1 saturated heterocycles. The summed E-state index contributed by atoms with van der Waals surface area (Å²) in [6.45, 7) is 2.12. The van der Waals surface area contributed by atoms with Gasteiger partial charge in [0, 0.05) is 44.1 Å². The van der Waals surface area contributed by atoms with Gasteiger partial charge in [-0.05, 0) is 47.5 Å². The number of piperazine rings is 1. The number of fused-ring (bicyclic) bond motifs is 1. The molecule has 7 nitrogen and oxygen atoms in total. The van der Waals surface area contributed by atoms with E-state index in [0.717, 1.165) is 11.1 Å². The highest BCUT2D eigenvalue weighted by molar-refractivity contribution is 5.84. The van der Waals surface area contributed by atoms with Crippen molar-refractivity contribution in [3.63, 3.8) is 0 Å². The third-order valence-corrected chi connectivity index (χ3v) is 7.37. The van der Waals surface area contributed by atoms with Crippen molar-refractivity contribution < 1.29 is 18.0 Å². The van der Waals surface area contributed by atoms with Gasteiger partial charge in [-0.25, -0.2) is 18.2 Å². The van der Waals surface area contributed by atoms with Crippen LogP contribution in [0, 0.1) is 17.5 Å². The largest absolute Gasteiger partial charge is 0.360 e. The number of amides is 1. The number of halogens is 3. The van der Waals surface area contributed by atoms with Gasteiger partial charge in [-0.2, -0.15) is 0 Å². The molecule has 0 atom stereocenters. The van der Waals surface area contributed by atoms with E-state index in [4.69, 9.17) is 0 Å². The van der Waals surface area contributed by atoms with Gasteiger partial charge in [-0.3, -0.25) is 19.1 Å². The molecule has 0 spiro atoms. The zero-order valence-electron chi connectivity index (χ0n) is 22.1. The maximum Gasteiger partial charge on any atom is 0.242 e. The molecule has 6 rings (SSSR count). The number of nitrogens with zero attached hydrogens (tertiary/aromatic N) is 5. The zero-order valence-corrected chi connectivity index (χ0v) is 22.1. The molecule has 1 aliphatic heterocycles. The van der Waals surface area contributed by atoms with Crippen LogP contribution in [0.5, 0.6) is 0 Å². The Bertz CT molecular complexity index is 1620. The number of anilines is 1. The van der Waals surface area contributed by atoms with E-state index in [1.807, 2.05) is 0 Å². The predicted molar refractivity (Wildman–Crippen MR) is 150 cm³/mol. The van der Waals surface area contributed by atoms with E-state index >= 15 is 0 Å². The lowest BCUT2D eigenvalue weighted by atomic mass is 9.96. The summed E-state index contributed by atoms with van der Waals surface area (Å²) in [6, 6.07) is 18.8. The molecule has 0 bridgehead atoms. The summed E-state index contributed by atoms with van der Waals surface area (Å²) in [4.78, 5) is 25.9. The van der Waals surface area contributed by atoms with Gasteiger partial charge in [0.15, 0.2) is 5.65 Å². The topological polar surface area (TPSA) is 65.8 Å². The number of carbonyl (C=O) groups is 1. The van der Waals surface area contributed by atoms with Crippen molar-refractivity contribution in [2.45, 2.75) is 6.04 Å². The Morgan fingerprint density at radius 3 is 2.12 bits per heavy atom. The fraction of sp³-hybridized carbons (Fsp3) is 0.194. The number of nitrogens with one attached hydrogen (secondary N) is 1. The number of aromatic nitrogens is 3. The Hall–Kier alpha value is -4.70. The average molecular weight is 557 g/mol. The third kappa shape index (κ3) is 5.51. The molecule has 1 N–H and O–H groups in total. The molecular weight excluding hydrogens is 529 g/mol. The lowest BCUT2D eigenvalue weighted by molar-refractivity contribution is -0.131. The number of rotatable bonds is 7. The van der Waals surface area contributed by atoms with E-state index in [2.05, 4.69) is 20.2 Å². The highest BCUT2D eigenvalue weighted by atomic mass is 19.1. The number of imidazole rings is 1. The first-order chi connectivity index (χ1) is 20.0. The van der Waals surface area contributed by atoms with E-state index in [1.165, 1.54) is 30.3 Å². The maximum absolute atomic E-state index is 14.7. The summed E-state index contributed by atoms with van der Waals surface area (Å²) in [7, 11) is 0. The first kappa shape index (κ1) is 26.5. The molecule has 0 aliphatic carbocycles. The number of benzene rings is 3. The minimum Gasteiger partial charge on any atom is -0.360 e. The minimum atomic E-state index is -0.411. The van der Waals surface area contributed by atoms with Crippen LogP contribution in [0.4, 0.5) is 19.0 Å². The van der Waals surface area contributed by atoms with E-state index in [1.54, 1.807) is 70.4 Å². The Morgan fingerprint density at radius 2 is 1.49 bits per heavy atom. The summed E-state index contributed by atoms with van der Waals surface area (Å²) in [5.74, 6) is -0.656. The van der Waals surface area contributed by atoms with Crippen molar-refractivity contribution in [1.29, 1.82) is 0 Å². The van der Waals surface area contributed by atoms with Gasteiger partial charge in [-0.15, -0.1) is 0 Å². The molecule has 5 aromatic rings. The van der Waals surface area contributed by atoms with Crippen molar-refractivity contribution in [3.8, 4) is 11.3 Å². The lowest BCUT2D eigenvalue weighted by Crippen LogP contribution is -2.51. The maximum atomic E-state index is 14.7. The predicted octanol–water partition coefficient (Wildman–Crippen LogP) is 5.16. The van der Waals surface area contributed by atoms with Crippen molar-refractivity contribution in [2.24, 2.45) is 0 Å². The normalized spacial score (nSPS) is 14.1. The summed E-state index contributed by atoms with van der Waals surface area (Å²) >= 11 is 0. The molecule has 1 fully saturated rings. The van der Waals surface area contributed by atoms with Crippen LogP contribution < -0.4 is 5.32 Å². The summed E-state index contributed by atoms with van der Waals surface area (Å²) in [5, 5.41) is 3.19. The van der Waals surface area contributed by atoms with Crippen molar-refractivity contribution in [1.82, 2.24) is 24.2 Å². The van der Waals surface area contributed by atoms with E-state index < -0.39 is 5.82 Å². The number of hydrogen-bond donors (Lipinski definition) is 1. The Balaban J connectivity index is 1.17. The van der Waals surface area contributed by atoms with Crippen molar-refractivity contribution in [2.75, 3.05) is 38.0 Å². The average Bonchev–Trinajstić information content (AvgIpc) is 3.37. The molecular formula is C31H27F3N6O. The Morgan fingerprint density at radius 1 is 0.854 bits per heavy atom. The van der Waals surface area contributed by atoms with Crippen LogP contribution in [0.15, 0.2) is 91.4 Å². The molecule has 1 amide bonds. The molecule has 2 aromatic heterocycles. The summed E-state index contributed by atoms with van der Waals surface area (Å²) < 4.78 is 43.7. The third-order valence-electron chi connectivity index (χ3n) is 7.37. The van der Waals surface area contributed by atoms with E-state index in [0.29, 0.717) is 48.9 Å². The highest BCUT2D eigenvalue weighted by Crippen LogP contribution is 2.32. The minimum absolute atomic E-state index is 0.00305. The van der Waals surface area contributed by atoms with Crippen LogP contribution in [0.25, 0.3) is 16.9 Å². The summed E-state index contributed by atoms with van der Waals surface area (Å²) in [5.41, 5.74) is 3.04. The van der Waals surface area contributed by atoms with Crippen LogP contribution in [-0.4, -0.2) is 62.8 Å². The fourth-order valence-corrected chi connectivity index (χ4v) is 5.32. The van der Waals surface area contributed by atoms with Gasteiger partial charge in [0.05, 0.1) is 18.8 Å². The van der Waals surface area contributed by atoms with Crippen LogP contribution >= 0.6 is 0 Å². The Labute approximate surface area is 234 Å². The van der Waals surface area contributed by atoms with E-state index in [-0.39, 0.29) is 30.1 Å². The zero-order chi connectivity index (χ0) is 28.3. The molecule has 1 aliphatic rings. The second kappa shape index (κ2) is 11.4. The molecule has 0 unspecified atom stereocenters. The second-order valence-electron chi connectivity index (χ2n) is 9.87. The van der Waals surface area contributed by atoms with Crippen molar-refractivity contribution in [3.05, 3.63) is 120 Å². The quantitative estimate of drug-likeness (QED) is 0.300. The molecule has 3 aromatic carbocycles. The first-order valence-electron chi connectivity index (χ1n) is 13.3. The van der Waals surface area contributed by atoms with Gasteiger partial charge >= 0.3 is 0 Å². The molecule has 0 saturated carbocycles. The second-order valence-corrected chi connectivity index (χ2v) is 9.87. The van der Waals surface area contributed by atoms with Gasteiger partial charge in [0.1, 0.15) is 29.0 Å². The standard InChI is InChI=1S/C31H27F3N6O/c32-23-9-5-21(6-10-23)30(22-7-11-24(33)12-8-22)39-17-15-38(16-18-39)28(41)20-36-31-29(25-3-1-2-4-26(25)34)37-27-19-35-13-14-40(27)31/h1-14,19,30,36H,15-18,20H2. The van der Waals surface area contributed by atoms with Crippen molar-refractivity contribution >= 4 is 17.4 Å². The smallest absolute Gasteiger partial charge is 0.242 e. The molecule has 10 heteroatoms. The molecule has 41 heavy (non-hydrogen) atoms. The Kier molecular flexibility index (Phi) is 7.39. The molecule has 0 radical (unpaired) electrons. The van der Waals surface area contributed by atoms with Crippen LogP contribution in [0.3, 0.4) is 0 Å².